The van der Waals surface area contributed by atoms with E-state index in [0.717, 1.165) is 44.8 Å². The lowest BCUT2D eigenvalue weighted by Crippen LogP contribution is -2.05. The number of hydrogen-bond acceptors (Lipinski definition) is 5. The average Bonchev–Trinajstić information content (AvgIpc) is 2.88. The Kier molecular flexibility index (Phi) is 13.1. The third-order valence-electron chi connectivity index (χ3n) is 5.45. The molecule has 0 saturated heterocycles. The first-order chi connectivity index (χ1) is 18.2. The van der Waals surface area contributed by atoms with Crippen LogP contribution in [0.25, 0.3) is 5.57 Å². The summed E-state index contributed by atoms with van der Waals surface area (Å²) in [5.41, 5.74) is 6.59. The standard InChI is InChI=1S/C29H29ClFNO2S.C2H6O/c1-4-34-29(33)22-7-5-6-21(15-22)14-19(2)8-9-20(3)26-17-25(35)12-13-28(26)32-18-23-10-11-24(31)16-27(23)30;1-3-2/h5-13,15-17,32,35H,4,14,18H2,1-3H3;1-2H3/b19-8-,20-9+;. The Morgan fingerprint density at radius 1 is 1.05 bits per heavy atom. The minimum atomic E-state index is -0.354. The van der Waals surface area contributed by atoms with Crippen LogP contribution in [0.4, 0.5) is 10.1 Å². The lowest BCUT2D eigenvalue weighted by Gasteiger charge is -2.14. The molecule has 0 fully saturated rings. The van der Waals surface area contributed by atoms with E-state index in [4.69, 9.17) is 16.3 Å². The number of halogens is 2. The number of methoxy groups -OCH3 is 1. The van der Waals surface area contributed by atoms with Crippen molar-refractivity contribution in [3.8, 4) is 0 Å². The van der Waals surface area contributed by atoms with E-state index in [1.165, 1.54) is 12.1 Å². The second-order valence-corrected chi connectivity index (χ2v) is 9.61. The van der Waals surface area contributed by atoms with Gasteiger partial charge in [-0.05, 0) is 86.4 Å². The summed E-state index contributed by atoms with van der Waals surface area (Å²) in [5.74, 6) is -0.660. The largest absolute Gasteiger partial charge is 0.462 e. The molecule has 3 rings (SSSR count). The minimum absolute atomic E-state index is 0.305. The number of ether oxygens (including phenoxy) is 2. The Bertz CT molecular complexity index is 1290. The molecule has 0 aliphatic carbocycles. The van der Waals surface area contributed by atoms with Crippen LogP contribution < -0.4 is 5.32 Å². The first-order valence-corrected chi connectivity index (χ1v) is 13.0. The van der Waals surface area contributed by atoms with Gasteiger partial charge in [-0.1, -0.05) is 47.5 Å². The molecule has 3 aromatic carbocycles. The van der Waals surface area contributed by atoms with Gasteiger partial charge in [0, 0.05) is 41.9 Å². The quantitative estimate of drug-likeness (QED) is 0.158. The molecule has 7 heteroatoms. The number of esters is 1. The summed E-state index contributed by atoms with van der Waals surface area (Å²) in [4.78, 5) is 12.9. The summed E-state index contributed by atoms with van der Waals surface area (Å²) < 4.78 is 22.7. The normalized spacial score (nSPS) is 11.5. The Morgan fingerprint density at radius 2 is 1.79 bits per heavy atom. The maximum Gasteiger partial charge on any atom is 0.338 e. The number of nitrogens with one attached hydrogen (secondary N) is 1. The zero-order chi connectivity index (χ0) is 28.1. The molecular weight excluding hydrogens is 521 g/mol. The third-order valence-corrected chi connectivity index (χ3v) is 6.08. The second-order valence-electron chi connectivity index (χ2n) is 8.69. The van der Waals surface area contributed by atoms with Crippen LogP contribution in [0.2, 0.25) is 5.02 Å². The highest BCUT2D eigenvalue weighted by Crippen LogP contribution is 2.28. The Balaban J connectivity index is 0.00000161. The van der Waals surface area contributed by atoms with Crippen molar-refractivity contribution in [2.45, 2.75) is 38.6 Å². The first kappa shape index (κ1) is 31.2. The van der Waals surface area contributed by atoms with Gasteiger partial charge < -0.3 is 14.8 Å². The van der Waals surface area contributed by atoms with E-state index in [1.54, 1.807) is 33.3 Å². The zero-order valence-electron chi connectivity index (χ0n) is 22.5. The van der Waals surface area contributed by atoms with Crippen molar-refractivity contribution in [3.63, 3.8) is 0 Å². The van der Waals surface area contributed by atoms with Gasteiger partial charge in [0.25, 0.3) is 0 Å². The summed E-state index contributed by atoms with van der Waals surface area (Å²) in [6.45, 7) is 6.73. The fourth-order valence-corrected chi connectivity index (χ4v) is 4.07. The molecule has 1 N–H and O–H groups in total. The van der Waals surface area contributed by atoms with Gasteiger partial charge in [-0.15, -0.1) is 12.6 Å². The number of benzene rings is 3. The van der Waals surface area contributed by atoms with Crippen LogP contribution in [-0.2, 0) is 22.4 Å². The van der Waals surface area contributed by atoms with Gasteiger partial charge in [0.1, 0.15) is 5.82 Å². The van der Waals surface area contributed by atoms with Crippen LogP contribution in [0.5, 0.6) is 0 Å². The minimum Gasteiger partial charge on any atom is -0.462 e. The number of allylic oxidation sites excluding steroid dienone is 4. The molecule has 0 aliphatic heterocycles. The molecule has 3 aromatic rings. The van der Waals surface area contributed by atoms with Crippen LogP contribution in [0.15, 0.2) is 83.3 Å². The molecule has 202 valence electrons. The summed E-state index contributed by atoms with van der Waals surface area (Å²) in [7, 11) is 3.25. The summed E-state index contributed by atoms with van der Waals surface area (Å²) in [6.07, 6.45) is 4.87. The second kappa shape index (κ2) is 16.0. The number of carbonyl (C=O) groups excluding carboxylic acids is 1. The van der Waals surface area contributed by atoms with E-state index in [-0.39, 0.29) is 11.8 Å². The van der Waals surface area contributed by atoms with Gasteiger partial charge in [0.2, 0.25) is 0 Å². The molecule has 0 amide bonds. The third kappa shape index (κ3) is 10.0. The van der Waals surface area contributed by atoms with Crippen molar-refractivity contribution in [2.75, 3.05) is 26.1 Å². The average molecular weight is 556 g/mol. The van der Waals surface area contributed by atoms with Crippen LogP contribution in [0.3, 0.4) is 0 Å². The molecule has 0 atom stereocenters. The van der Waals surface area contributed by atoms with E-state index in [9.17, 15) is 9.18 Å². The highest BCUT2D eigenvalue weighted by atomic mass is 35.5. The number of hydrogen-bond donors (Lipinski definition) is 2. The monoisotopic (exact) mass is 555 g/mol. The first-order valence-electron chi connectivity index (χ1n) is 12.2. The smallest absolute Gasteiger partial charge is 0.338 e. The molecule has 0 radical (unpaired) electrons. The van der Waals surface area contributed by atoms with E-state index in [0.29, 0.717) is 23.7 Å². The maximum atomic E-state index is 13.4. The fraction of sp³-hybridized carbons (Fsp3) is 0.258. The fourth-order valence-electron chi connectivity index (χ4n) is 3.63. The van der Waals surface area contributed by atoms with Crippen molar-refractivity contribution >= 4 is 41.5 Å². The van der Waals surface area contributed by atoms with E-state index >= 15 is 0 Å². The lowest BCUT2D eigenvalue weighted by atomic mass is 10.0. The molecule has 38 heavy (non-hydrogen) atoms. The molecule has 0 aromatic heterocycles. The van der Waals surface area contributed by atoms with Gasteiger partial charge in [-0.2, -0.15) is 0 Å². The SMILES string of the molecule is CCOC(=O)c1cccc(C/C(C)=C\C=C(/C)c2cc(S)ccc2NCc2ccc(F)cc2Cl)c1.COC. The van der Waals surface area contributed by atoms with Gasteiger partial charge >= 0.3 is 5.97 Å². The van der Waals surface area contributed by atoms with Gasteiger partial charge in [0.05, 0.1) is 12.2 Å². The molecule has 0 bridgehead atoms. The maximum absolute atomic E-state index is 13.4. The topological polar surface area (TPSA) is 47.6 Å². The molecule has 0 saturated carbocycles. The van der Waals surface area contributed by atoms with Crippen molar-refractivity contribution in [2.24, 2.45) is 0 Å². The number of carbonyl (C=O) groups is 1. The summed E-state index contributed by atoms with van der Waals surface area (Å²) in [5, 5.41) is 3.80. The molecule has 0 unspecified atom stereocenters. The Hall–Kier alpha value is -3.06. The zero-order valence-corrected chi connectivity index (χ0v) is 24.1. The van der Waals surface area contributed by atoms with Crippen molar-refractivity contribution < 1.29 is 18.7 Å². The molecular formula is C31H35ClFNO3S. The van der Waals surface area contributed by atoms with E-state index in [2.05, 4.69) is 41.8 Å². The molecule has 0 heterocycles. The van der Waals surface area contributed by atoms with E-state index < -0.39 is 0 Å². The molecule has 0 spiro atoms. The van der Waals surface area contributed by atoms with Gasteiger partial charge in [-0.25, -0.2) is 9.18 Å². The highest BCUT2D eigenvalue weighted by Gasteiger charge is 2.09. The highest BCUT2D eigenvalue weighted by molar-refractivity contribution is 7.80. The number of anilines is 1. The number of thiol groups is 1. The van der Waals surface area contributed by atoms with E-state index in [1.807, 2.05) is 43.3 Å². The number of rotatable bonds is 9. The van der Waals surface area contributed by atoms with Gasteiger partial charge in [0.15, 0.2) is 0 Å². The predicted octanol–water partition coefficient (Wildman–Crippen LogP) is 8.41. The molecule has 4 nitrogen and oxygen atoms in total. The summed E-state index contributed by atoms with van der Waals surface area (Å²) in [6, 6.07) is 17.8. The van der Waals surface area contributed by atoms with Crippen molar-refractivity contribution in [1.29, 1.82) is 0 Å². The predicted molar refractivity (Wildman–Crippen MR) is 159 cm³/mol. The van der Waals surface area contributed by atoms with Gasteiger partial charge in [-0.3, -0.25) is 0 Å². The van der Waals surface area contributed by atoms with Crippen LogP contribution in [0.1, 0.15) is 47.8 Å². The molecule has 0 aliphatic rings. The Morgan fingerprint density at radius 3 is 2.47 bits per heavy atom. The van der Waals surface area contributed by atoms with Crippen LogP contribution >= 0.6 is 24.2 Å². The van der Waals surface area contributed by atoms with Crippen LogP contribution in [-0.4, -0.2) is 26.8 Å². The van der Waals surface area contributed by atoms with Crippen molar-refractivity contribution in [1.82, 2.24) is 0 Å². The van der Waals surface area contributed by atoms with Crippen molar-refractivity contribution in [3.05, 3.63) is 111 Å². The van der Waals surface area contributed by atoms with Crippen LogP contribution in [0, 0.1) is 5.82 Å². The lowest BCUT2D eigenvalue weighted by molar-refractivity contribution is 0.0526. The summed E-state index contributed by atoms with van der Waals surface area (Å²) >= 11 is 10.7. The Labute approximate surface area is 235 Å².